The van der Waals surface area contributed by atoms with Gasteiger partial charge in [-0.2, -0.15) is 4.99 Å². The van der Waals surface area contributed by atoms with Crippen LogP contribution in [0.25, 0.3) is 0 Å². The molecule has 0 saturated carbocycles. The van der Waals surface area contributed by atoms with E-state index in [2.05, 4.69) is 16.1 Å². The van der Waals surface area contributed by atoms with E-state index in [1.807, 2.05) is 0 Å². The number of guanidine groups is 2. The van der Waals surface area contributed by atoms with Gasteiger partial charge in [0.25, 0.3) is 0 Å². The van der Waals surface area contributed by atoms with E-state index in [1.54, 1.807) is 0 Å². The molecule has 1 rings (SSSR count). The third kappa shape index (κ3) is 3.59. The maximum atomic E-state index is 5.47. The molecule has 0 atom stereocenters. The smallest absolute Gasteiger partial charge is 0.223 e. The molecule has 6 N–H and O–H groups in total. The molecule has 72 valence electrons. The van der Waals surface area contributed by atoms with Gasteiger partial charge in [0, 0.05) is 5.70 Å². The van der Waals surface area contributed by atoms with E-state index in [4.69, 9.17) is 17.2 Å². The van der Waals surface area contributed by atoms with Gasteiger partial charge in [-0.15, -0.1) is 0 Å². The van der Waals surface area contributed by atoms with E-state index in [-0.39, 0.29) is 11.9 Å². The van der Waals surface area contributed by atoms with Gasteiger partial charge in [-0.05, 0) is 25.7 Å². The molecule has 0 radical (unpaired) electrons. The molecule has 0 aromatic heterocycles. The second-order valence-electron chi connectivity index (χ2n) is 2.95. The predicted octanol–water partition coefficient (Wildman–Crippen LogP) is 0.0324. The average molecular weight is 181 g/mol. The summed E-state index contributed by atoms with van der Waals surface area (Å²) in [7, 11) is 0. The number of aliphatic imine (C=N–C) groups is 2. The highest BCUT2D eigenvalue weighted by Gasteiger charge is 2.02. The first-order valence-corrected chi connectivity index (χ1v) is 4.31. The zero-order chi connectivity index (χ0) is 9.68. The van der Waals surface area contributed by atoms with Gasteiger partial charge in [-0.25, -0.2) is 4.99 Å². The molecule has 0 aromatic carbocycles. The van der Waals surface area contributed by atoms with Gasteiger partial charge in [-0.3, -0.25) is 0 Å². The van der Waals surface area contributed by atoms with Crippen LogP contribution in [0, 0.1) is 0 Å². The van der Waals surface area contributed by atoms with E-state index >= 15 is 0 Å². The molecule has 1 aliphatic carbocycles. The lowest BCUT2D eigenvalue weighted by molar-refractivity contribution is 0.696. The molecule has 0 heterocycles. The van der Waals surface area contributed by atoms with Crippen LogP contribution in [0.5, 0.6) is 0 Å². The van der Waals surface area contributed by atoms with Crippen LogP contribution in [0.1, 0.15) is 25.7 Å². The number of hydrogen-bond donors (Lipinski definition) is 3. The highest BCUT2D eigenvalue weighted by Crippen LogP contribution is 2.17. The first-order chi connectivity index (χ1) is 6.18. The van der Waals surface area contributed by atoms with Gasteiger partial charge < -0.3 is 17.2 Å². The first-order valence-electron chi connectivity index (χ1n) is 4.31. The molecule has 1 aliphatic rings. The van der Waals surface area contributed by atoms with Crippen LogP contribution in [0.4, 0.5) is 0 Å². The van der Waals surface area contributed by atoms with Crippen LogP contribution >= 0.6 is 0 Å². The van der Waals surface area contributed by atoms with E-state index < -0.39 is 0 Å². The molecule has 0 unspecified atom stereocenters. The van der Waals surface area contributed by atoms with Gasteiger partial charge in [0.05, 0.1) is 0 Å². The molecule has 5 heteroatoms. The zero-order valence-electron chi connectivity index (χ0n) is 7.53. The van der Waals surface area contributed by atoms with Crippen molar-refractivity contribution >= 4 is 11.9 Å². The van der Waals surface area contributed by atoms with Crippen molar-refractivity contribution in [2.24, 2.45) is 27.2 Å². The Bertz CT molecular complexity index is 260. The second kappa shape index (κ2) is 4.49. The number of rotatable bonds is 1. The zero-order valence-corrected chi connectivity index (χ0v) is 7.53. The van der Waals surface area contributed by atoms with Crippen LogP contribution in [-0.4, -0.2) is 11.9 Å². The van der Waals surface area contributed by atoms with E-state index in [0.29, 0.717) is 0 Å². The lowest BCUT2D eigenvalue weighted by Gasteiger charge is -2.07. The summed E-state index contributed by atoms with van der Waals surface area (Å²) in [5, 5.41) is 0. The van der Waals surface area contributed by atoms with Crippen molar-refractivity contribution in [3.8, 4) is 0 Å². The minimum atomic E-state index is -0.0577. The molecular formula is C8H15N5. The third-order valence-electron chi connectivity index (χ3n) is 1.77. The summed E-state index contributed by atoms with van der Waals surface area (Å²) in [5.74, 6) is 0.0748. The maximum Gasteiger partial charge on any atom is 0.223 e. The molecular weight excluding hydrogens is 166 g/mol. The summed E-state index contributed by atoms with van der Waals surface area (Å²) in [6, 6.07) is 0. The monoisotopic (exact) mass is 181 g/mol. The summed E-state index contributed by atoms with van der Waals surface area (Å²) < 4.78 is 0. The van der Waals surface area contributed by atoms with Gasteiger partial charge in [0.2, 0.25) is 5.96 Å². The van der Waals surface area contributed by atoms with E-state index in [9.17, 15) is 0 Å². The third-order valence-corrected chi connectivity index (χ3v) is 1.77. The van der Waals surface area contributed by atoms with E-state index in [1.165, 1.54) is 6.42 Å². The van der Waals surface area contributed by atoms with Crippen LogP contribution in [-0.2, 0) is 0 Å². The molecule has 0 aliphatic heterocycles. The highest BCUT2D eigenvalue weighted by molar-refractivity contribution is 5.92. The highest BCUT2D eigenvalue weighted by atomic mass is 15.1. The summed E-state index contributed by atoms with van der Waals surface area (Å²) in [6.07, 6.45) is 6.47. The van der Waals surface area contributed by atoms with Gasteiger partial charge >= 0.3 is 0 Å². The van der Waals surface area contributed by atoms with Crippen molar-refractivity contribution in [3.05, 3.63) is 11.8 Å². The molecule has 0 bridgehead atoms. The normalized spacial score (nSPS) is 17.8. The van der Waals surface area contributed by atoms with Crippen molar-refractivity contribution < 1.29 is 0 Å². The van der Waals surface area contributed by atoms with Crippen LogP contribution in [0.3, 0.4) is 0 Å². The fraction of sp³-hybridized carbons (Fsp3) is 0.500. The largest absolute Gasteiger partial charge is 0.370 e. The standard InChI is InChI=1S/C8H15N5/c9-7(10)13-8(11)12-6-4-2-1-3-5-6/h4H,1-3,5H2,(H6,9,10,11,12,13). The predicted molar refractivity (Wildman–Crippen MR) is 54.0 cm³/mol. The summed E-state index contributed by atoms with van der Waals surface area (Å²) in [6.45, 7) is 0. The van der Waals surface area contributed by atoms with Gasteiger partial charge in [0.15, 0.2) is 5.96 Å². The Morgan fingerprint density at radius 2 is 2.00 bits per heavy atom. The van der Waals surface area contributed by atoms with Crippen molar-refractivity contribution in [2.45, 2.75) is 25.7 Å². The molecule has 0 fully saturated rings. The van der Waals surface area contributed by atoms with Crippen molar-refractivity contribution in [1.82, 2.24) is 0 Å². The Morgan fingerprint density at radius 3 is 2.54 bits per heavy atom. The molecule has 0 saturated heterocycles. The van der Waals surface area contributed by atoms with Crippen LogP contribution in [0.2, 0.25) is 0 Å². The van der Waals surface area contributed by atoms with Crippen molar-refractivity contribution in [1.29, 1.82) is 0 Å². The second-order valence-corrected chi connectivity index (χ2v) is 2.95. The van der Waals surface area contributed by atoms with Crippen molar-refractivity contribution in [3.63, 3.8) is 0 Å². The quantitative estimate of drug-likeness (QED) is 0.393. The maximum absolute atomic E-state index is 5.47. The molecule has 0 spiro atoms. The Labute approximate surface area is 77.4 Å². The lowest BCUT2D eigenvalue weighted by atomic mass is 10.1. The SMILES string of the molecule is NC(N)=NC(N)=NC1=CCCCC1. The number of hydrogen-bond acceptors (Lipinski definition) is 1. The van der Waals surface area contributed by atoms with E-state index in [0.717, 1.165) is 25.0 Å². The van der Waals surface area contributed by atoms with Crippen LogP contribution < -0.4 is 17.2 Å². The molecule has 13 heavy (non-hydrogen) atoms. The van der Waals surface area contributed by atoms with Gasteiger partial charge in [-0.1, -0.05) is 6.08 Å². The molecule has 0 aromatic rings. The summed E-state index contributed by atoms with van der Waals surface area (Å²) in [5.41, 5.74) is 16.7. The summed E-state index contributed by atoms with van der Waals surface area (Å²) >= 11 is 0. The lowest BCUT2D eigenvalue weighted by Crippen LogP contribution is -2.26. The Kier molecular flexibility index (Phi) is 3.31. The fourth-order valence-electron chi connectivity index (χ4n) is 1.23. The molecule has 5 nitrogen and oxygen atoms in total. The minimum Gasteiger partial charge on any atom is -0.370 e. The Balaban J connectivity index is 2.63. The minimum absolute atomic E-state index is 0.0577. The number of nitrogens with zero attached hydrogens (tertiary/aromatic N) is 2. The Morgan fingerprint density at radius 1 is 1.23 bits per heavy atom. The Hall–Kier alpha value is -1.52. The van der Waals surface area contributed by atoms with Crippen molar-refractivity contribution in [2.75, 3.05) is 0 Å². The average Bonchev–Trinajstić information content (AvgIpc) is 2.04. The fourth-order valence-corrected chi connectivity index (χ4v) is 1.23. The van der Waals surface area contributed by atoms with Gasteiger partial charge in [0.1, 0.15) is 0 Å². The first kappa shape index (κ1) is 9.57. The number of nitrogens with two attached hydrogens (primary N) is 3. The number of allylic oxidation sites excluding steroid dienone is 2. The van der Waals surface area contributed by atoms with Crippen LogP contribution in [0.15, 0.2) is 21.8 Å². The molecule has 0 amide bonds. The topological polar surface area (TPSA) is 103 Å². The summed E-state index contributed by atoms with van der Waals surface area (Å²) in [4.78, 5) is 7.71.